The van der Waals surface area contributed by atoms with E-state index in [-0.39, 0.29) is 0 Å². The van der Waals surface area contributed by atoms with Crippen LogP contribution in [0.4, 0.5) is 0 Å². The first-order valence-electron chi connectivity index (χ1n) is 6.50. The topological polar surface area (TPSA) is 0 Å². The minimum absolute atomic E-state index is 1.03. The molecule has 0 N–H and O–H groups in total. The van der Waals surface area contributed by atoms with E-state index in [1.165, 1.54) is 27.1 Å². The van der Waals surface area contributed by atoms with E-state index in [4.69, 9.17) is 0 Å². The third-order valence-corrected chi connectivity index (χ3v) is 4.16. The summed E-state index contributed by atoms with van der Waals surface area (Å²) in [6.07, 6.45) is 1.03. The molecule has 0 bridgehead atoms. The minimum atomic E-state index is 1.03. The SMILES string of the molecule is Cc1cc(Cc2ccc(-c3ccccc3)cc2)cs1. The minimum Gasteiger partial charge on any atom is -0.149 e. The standard InChI is InChI=1S/C18H16S/c1-14-11-16(13-19-14)12-15-7-9-18(10-8-15)17-5-3-2-4-6-17/h2-11,13H,12H2,1H3. The van der Waals surface area contributed by atoms with Crippen LogP contribution >= 0.6 is 11.3 Å². The molecule has 94 valence electrons. The normalized spacial score (nSPS) is 10.6. The summed E-state index contributed by atoms with van der Waals surface area (Å²) < 4.78 is 0. The summed E-state index contributed by atoms with van der Waals surface area (Å²) in [5.41, 5.74) is 5.35. The van der Waals surface area contributed by atoms with Crippen molar-refractivity contribution in [2.24, 2.45) is 0 Å². The lowest BCUT2D eigenvalue weighted by atomic mass is 10.0. The Hall–Kier alpha value is -1.86. The summed E-state index contributed by atoms with van der Waals surface area (Å²) >= 11 is 1.82. The van der Waals surface area contributed by atoms with Gasteiger partial charge in [0, 0.05) is 4.88 Å². The van der Waals surface area contributed by atoms with Crippen LogP contribution in [-0.4, -0.2) is 0 Å². The first-order chi connectivity index (χ1) is 9.31. The van der Waals surface area contributed by atoms with Gasteiger partial charge in [0.25, 0.3) is 0 Å². The smallest absolute Gasteiger partial charge is 0.00171 e. The van der Waals surface area contributed by atoms with Crippen LogP contribution in [-0.2, 0) is 6.42 Å². The van der Waals surface area contributed by atoms with Gasteiger partial charge in [-0.2, -0.15) is 0 Å². The molecule has 1 aromatic heterocycles. The molecule has 0 saturated heterocycles. The van der Waals surface area contributed by atoms with Gasteiger partial charge < -0.3 is 0 Å². The molecule has 0 spiro atoms. The van der Waals surface area contributed by atoms with E-state index < -0.39 is 0 Å². The van der Waals surface area contributed by atoms with E-state index in [1.807, 2.05) is 11.3 Å². The number of thiophene rings is 1. The average Bonchev–Trinajstić information content (AvgIpc) is 2.86. The molecule has 0 amide bonds. The van der Waals surface area contributed by atoms with Crippen molar-refractivity contribution >= 4 is 11.3 Å². The van der Waals surface area contributed by atoms with Gasteiger partial charge in [-0.15, -0.1) is 11.3 Å². The van der Waals surface area contributed by atoms with Crippen molar-refractivity contribution in [1.82, 2.24) is 0 Å². The average molecular weight is 264 g/mol. The monoisotopic (exact) mass is 264 g/mol. The van der Waals surface area contributed by atoms with Crippen LogP contribution < -0.4 is 0 Å². The second-order valence-corrected chi connectivity index (χ2v) is 5.92. The van der Waals surface area contributed by atoms with Gasteiger partial charge >= 0.3 is 0 Å². The molecule has 0 unspecified atom stereocenters. The molecule has 1 heteroatoms. The van der Waals surface area contributed by atoms with Crippen LogP contribution in [0.3, 0.4) is 0 Å². The molecule has 0 nitrogen and oxygen atoms in total. The van der Waals surface area contributed by atoms with Crippen LogP contribution in [0.2, 0.25) is 0 Å². The summed E-state index contributed by atoms with van der Waals surface area (Å²) in [6.45, 7) is 2.16. The van der Waals surface area contributed by atoms with Gasteiger partial charge in [0.1, 0.15) is 0 Å². The largest absolute Gasteiger partial charge is 0.149 e. The van der Waals surface area contributed by atoms with Crippen molar-refractivity contribution in [1.29, 1.82) is 0 Å². The van der Waals surface area contributed by atoms with E-state index in [0.717, 1.165) is 6.42 Å². The maximum Gasteiger partial charge on any atom is 0.00171 e. The molecule has 0 atom stereocenters. The molecule has 2 aromatic carbocycles. The fraction of sp³-hybridized carbons (Fsp3) is 0.111. The zero-order valence-corrected chi connectivity index (χ0v) is 11.8. The predicted molar refractivity (Wildman–Crippen MR) is 83.7 cm³/mol. The first-order valence-corrected chi connectivity index (χ1v) is 7.37. The molecule has 0 fully saturated rings. The van der Waals surface area contributed by atoms with Gasteiger partial charge in [-0.3, -0.25) is 0 Å². The molecular weight excluding hydrogens is 248 g/mol. The molecule has 0 aliphatic carbocycles. The van der Waals surface area contributed by atoms with Gasteiger partial charge in [-0.25, -0.2) is 0 Å². The lowest BCUT2D eigenvalue weighted by molar-refractivity contribution is 1.21. The Bertz CT molecular complexity index is 648. The third-order valence-electron chi connectivity index (χ3n) is 3.25. The maximum absolute atomic E-state index is 2.27. The second-order valence-electron chi connectivity index (χ2n) is 4.81. The van der Waals surface area contributed by atoms with Gasteiger partial charge in [-0.1, -0.05) is 54.6 Å². The summed E-state index contributed by atoms with van der Waals surface area (Å²) in [6, 6.07) is 21.7. The highest BCUT2D eigenvalue weighted by Gasteiger charge is 2.00. The number of aryl methyl sites for hydroxylation is 1. The van der Waals surface area contributed by atoms with Crippen LogP contribution in [0.15, 0.2) is 66.0 Å². The van der Waals surface area contributed by atoms with Crippen molar-refractivity contribution < 1.29 is 0 Å². The second kappa shape index (κ2) is 5.41. The highest BCUT2D eigenvalue weighted by atomic mass is 32.1. The molecule has 3 aromatic rings. The Morgan fingerprint density at radius 3 is 2.11 bits per heavy atom. The summed E-state index contributed by atoms with van der Waals surface area (Å²) in [5.74, 6) is 0. The fourth-order valence-electron chi connectivity index (χ4n) is 2.27. The third kappa shape index (κ3) is 2.94. The van der Waals surface area contributed by atoms with E-state index in [1.54, 1.807) is 0 Å². The number of rotatable bonds is 3. The molecule has 1 heterocycles. The number of benzene rings is 2. The van der Waals surface area contributed by atoms with E-state index in [0.29, 0.717) is 0 Å². The summed E-state index contributed by atoms with van der Waals surface area (Å²) in [7, 11) is 0. The lowest BCUT2D eigenvalue weighted by Crippen LogP contribution is -1.86. The fourth-order valence-corrected chi connectivity index (χ4v) is 2.98. The first kappa shape index (κ1) is 12.2. The highest BCUT2D eigenvalue weighted by molar-refractivity contribution is 7.10. The van der Waals surface area contributed by atoms with E-state index >= 15 is 0 Å². The molecule has 0 aliphatic heterocycles. The van der Waals surface area contributed by atoms with Gasteiger partial charge in [0.2, 0.25) is 0 Å². The molecule has 0 radical (unpaired) electrons. The zero-order valence-electron chi connectivity index (χ0n) is 11.0. The van der Waals surface area contributed by atoms with Crippen molar-refractivity contribution in [3.8, 4) is 11.1 Å². The van der Waals surface area contributed by atoms with Crippen molar-refractivity contribution in [3.05, 3.63) is 82.0 Å². The van der Waals surface area contributed by atoms with Crippen LogP contribution in [0.5, 0.6) is 0 Å². The Morgan fingerprint density at radius 2 is 1.47 bits per heavy atom. The summed E-state index contributed by atoms with van der Waals surface area (Å²) in [5, 5.41) is 2.25. The van der Waals surface area contributed by atoms with Crippen LogP contribution in [0.25, 0.3) is 11.1 Å². The Labute approximate surface area is 118 Å². The lowest BCUT2D eigenvalue weighted by Gasteiger charge is -2.03. The quantitative estimate of drug-likeness (QED) is 0.601. The van der Waals surface area contributed by atoms with Crippen molar-refractivity contribution in [2.45, 2.75) is 13.3 Å². The van der Waals surface area contributed by atoms with Gasteiger partial charge in [0.05, 0.1) is 0 Å². The van der Waals surface area contributed by atoms with Crippen LogP contribution in [0, 0.1) is 6.92 Å². The maximum atomic E-state index is 2.27. The highest BCUT2D eigenvalue weighted by Crippen LogP contribution is 2.21. The van der Waals surface area contributed by atoms with Crippen LogP contribution in [0.1, 0.15) is 16.0 Å². The molecule has 0 saturated carbocycles. The Balaban J connectivity index is 1.79. The summed E-state index contributed by atoms with van der Waals surface area (Å²) in [4.78, 5) is 1.39. The number of hydrogen-bond donors (Lipinski definition) is 0. The van der Waals surface area contributed by atoms with E-state index in [9.17, 15) is 0 Å². The number of hydrogen-bond acceptors (Lipinski definition) is 1. The zero-order chi connectivity index (χ0) is 13.1. The van der Waals surface area contributed by atoms with Crippen molar-refractivity contribution in [2.75, 3.05) is 0 Å². The van der Waals surface area contributed by atoms with Gasteiger partial charge in [0.15, 0.2) is 0 Å². The molecule has 19 heavy (non-hydrogen) atoms. The Kier molecular flexibility index (Phi) is 3.47. The molecular formula is C18H16S. The van der Waals surface area contributed by atoms with Gasteiger partial charge in [-0.05, 0) is 47.0 Å². The molecule has 3 rings (SSSR count). The molecule has 0 aliphatic rings. The predicted octanol–water partition coefficient (Wildman–Crippen LogP) is 5.31. The Morgan fingerprint density at radius 1 is 0.789 bits per heavy atom. The van der Waals surface area contributed by atoms with Crippen molar-refractivity contribution in [3.63, 3.8) is 0 Å². The van der Waals surface area contributed by atoms with E-state index in [2.05, 4.69) is 73.0 Å².